The van der Waals surface area contributed by atoms with E-state index < -0.39 is 15.9 Å². The van der Waals surface area contributed by atoms with Crippen LogP contribution in [0, 0.1) is 0 Å². The lowest BCUT2D eigenvalue weighted by Gasteiger charge is -2.07. The second-order valence-corrected chi connectivity index (χ2v) is 6.21. The fraction of sp³-hybridized carbons (Fsp3) is 0.364. The van der Waals surface area contributed by atoms with Crippen molar-refractivity contribution in [2.75, 3.05) is 24.6 Å². The van der Waals surface area contributed by atoms with Crippen molar-refractivity contribution in [1.82, 2.24) is 10.0 Å². The van der Waals surface area contributed by atoms with E-state index in [2.05, 4.69) is 10.0 Å². The molecule has 0 fully saturated rings. The van der Waals surface area contributed by atoms with E-state index in [0.29, 0.717) is 22.8 Å². The van der Waals surface area contributed by atoms with Crippen LogP contribution in [0.3, 0.4) is 0 Å². The first-order valence-electron chi connectivity index (χ1n) is 5.65. The number of anilines is 1. The molecule has 0 radical (unpaired) electrons. The summed E-state index contributed by atoms with van der Waals surface area (Å²) in [7, 11) is -3.34. The summed E-state index contributed by atoms with van der Waals surface area (Å²) in [6.07, 6.45) is 0. The Morgan fingerprint density at radius 3 is 2.63 bits per heavy atom. The highest BCUT2D eigenvalue weighted by Crippen LogP contribution is 2.16. The predicted molar refractivity (Wildman–Crippen MR) is 75.7 cm³/mol. The monoisotopic (exact) mass is 305 g/mol. The van der Waals surface area contributed by atoms with Crippen molar-refractivity contribution in [2.45, 2.75) is 6.92 Å². The van der Waals surface area contributed by atoms with E-state index in [9.17, 15) is 13.2 Å². The molecule has 106 valence electrons. The molecule has 1 amide bonds. The number of amides is 1. The van der Waals surface area contributed by atoms with E-state index in [4.69, 9.17) is 17.3 Å². The van der Waals surface area contributed by atoms with E-state index in [1.165, 1.54) is 18.2 Å². The second kappa shape index (κ2) is 6.74. The Balaban J connectivity index is 2.57. The molecule has 1 aromatic carbocycles. The molecule has 0 aromatic heterocycles. The van der Waals surface area contributed by atoms with Crippen LogP contribution in [0.2, 0.25) is 5.02 Å². The molecule has 0 heterocycles. The number of carbonyl (C=O) groups excluding carboxylic acids is 1. The van der Waals surface area contributed by atoms with E-state index in [0.717, 1.165) is 0 Å². The number of nitrogens with two attached hydrogens (primary N) is 1. The summed E-state index contributed by atoms with van der Waals surface area (Å²) in [6, 6.07) is 4.46. The molecule has 8 heteroatoms. The minimum absolute atomic E-state index is 0.0145. The van der Waals surface area contributed by atoms with E-state index in [-0.39, 0.29) is 12.3 Å². The second-order valence-electron chi connectivity index (χ2n) is 3.85. The quantitative estimate of drug-likeness (QED) is 0.670. The van der Waals surface area contributed by atoms with Gasteiger partial charge in [-0.05, 0) is 18.2 Å². The summed E-state index contributed by atoms with van der Waals surface area (Å²) < 4.78 is 25.0. The molecule has 6 nitrogen and oxygen atoms in total. The van der Waals surface area contributed by atoms with Crippen LogP contribution in [0.4, 0.5) is 5.69 Å². The summed E-state index contributed by atoms with van der Waals surface area (Å²) in [6.45, 7) is 2.02. The van der Waals surface area contributed by atoms with Crippen LogP contribution >= 0.6 is 11.6 Å². The molecular weight excluding hydrogens is 290 g/mol. The molecule has 0 bridgehead atoms. The van der Waals surface area contributed by atoms with Gasteiger partial charge >= 0.3 is 0 Å². The summed E-state index contributed by atoms with van der Waals surface area (Å²) in [5.41, 5.74) is 6.23. The van der Waals surface area contributed by atoms with Crippen molar-refractivity contribution in [1.29, 1.82) is 0 Å². The molecule has 0 saturated heterocycles. The van der Waals surface area contributed by atoms with Gasteiger partial charge in [-0.1, -0.05) is 18.5 Å². The highest BCUT2D eigenvalue weighted by molar-refractivity contribution is 7.89. The van der Waals surface area contributed by atoms with Gasteiger partial charge in [0, 0.05) is 29.4 Å². The Bertz CT molecular complexity index is 540. The van der Waals surface area contributed by atoms with Crippen LogP contribution in [-0.4, -0.2) is 33.2 Å². The van der Waals surface area contributed by atoms with Crippen molar-refractivity contribution in [3.05, 3.63) is 28.8 Å². The normalized spacial score (nSPS) is 11.3. The average molecular weight is 306 g/mol. The Hall–Kier alpha value is -1.31. The van der Waals surface area contributed by atoms with Crippen LogP contribution in [0.1, 0.15) is 17.3 Å². The third kappa shape index (κ3) is 5.46. The molecule has 0 aliphatic carbocycles. The van der Waals surface area contributed by atoms with Gasteiger partial charge in [0.05, 0.1) is 5.75 Å². The molecule has 0 atom stereocenters. The third-order valence-corrected chi connectivity index (χ3v) is 3.89. The molecule has 0 aliphatic rings. The van der Waals surface area contributed by atoms with E-state index >= 15 is 0 Å². The number of halogens is 1. The molecule has 0 spiro atoms. The predicted octanol–water partition coefficient (Wildman–Crippen LogP) is 0.591. The van der Waals surface area contributed by atoms with Gasteiger partial charge in [-0.3, -0.25) is 4.79 Å². The summed E-state index contributed by atoms with van der Waals surface area (Å²) in [5.74, 6) is -0.594. The zero-order valence-electron chi connectivity index (χ0n) is 10.4. The van der Waals surface area contributed by atoms with Gasteiger partial charge in [0.1, 0.15) is 0 Å². The molecule has 0 saturated carbocycles. The first kappa shape index (κ1) is 15.7. The lowest BCUT2D eigenvalue weighted by Crippen LogP contribution is -2.34. The summed E-state index contributed by atoms with van der Waals surface area (Å²) >= 11 is 5.78. The molecule has 1 aromatic rings. The zero-order valence-corrected chi connectivity index (χ0v) is 12.0. The van der Waals surface area contributed by atoms with Crippen molar-refractivity contribution < 1.29 is 13.2 Å². The first-order chi connectivity index (χ1) is 8.84. The Morgan fingerprint density at radius 2 is 2.05 bits per heavy atom. The largest absolute Gasteiger partial charge is 0.399 e. The number of benzene rings is 1. The summed E-state index contributed by atoms with van der Waals surface area (Å²) in [5, 5.41) is 2.85. The van der Waals surface area contributed by atoms with Crippen LogP contribution in [0.15, 0.2) is 18.2 Å². The molecule has 19 heavy (non-hydrogen) atoms. The van der Waals surface area contributed by atoms with Crippen LogP contribution in [0.25, 0.3) is 0 Å². The maximum atomic E-state index is 11.8. The number of nitrogen functional groups attached to an aromatic ring is 1. The zero-order chi connectivity index (χ0) is 14.5. The Morgan fingerprint density at radius 1 is 1.37 bits per heavy atom. The highest BCUT2D eigenvalue weighted by Gasteiger charge is 2.11. The van der Waals surface area contributed by atoms with Crippen molar-refractivity contribution in [3.63, 3.8) is 0 Å². The van der Waals surface area contributed by atoms with Gasteiger partial charge < -0.3 is 11.1 Å². The van der Waals surface area contributed by atoms with Gasteiger partial charge in [0.15, 0.2) is 0 Å². The van der Waals surface area contributed by atoms with Crippen LogP contribution < -0.4 is 15.8 Å². The Labute approximate surface area is 117 Å². The number of hydrogen-bond donors (Lipinski definition) is 3. The van der Waals surface area contributed by atoms with Gasteiger partial charge in [0.25, 0.3) is 5.91 Å². The number of nitrogens with one attached hydrogen (secondary N) is 2. The van der Waals surface area contributed by atoms with Gasteiger partial charge in [0.2, 0.25) is 10.0 Å². The lowest BCUT2D eigenvalue weighted by molar-refractivity contribution is 0.0956. The van der Waals surface area contributed by atoms with Crippen LogP contribution in [0.5, 0.6) is 0 Å². The molecule has 1 rings (SSSR count). The standard InChI is InChI=1S/C11H16ClN3O3S/c1-2-15-19(17,18)4-3-14-11(16)8-5-9(12)7-10(13)6-8/h5-7,15H,2-4,13H2,1H3,(H,14,16). The molecule has 4 N–H and O–H groups in total. The molecule has 0 unspecified atom stereocenters. The van der Waals surface area contributed by atoms with Crippen molar-refractivity contribution >= 4 is 33.2 Å². The minimum Gasteiger partial charge on any atom is -0.399 e. The number of rotatable bonds is 6. The fourth-order valence-electron chi connectivity index (χ4n) is 1.44. The molecule has 0 aliphatic heterocycles. The van der Waals surface area contributed by atoms with Crippen molar-refractivity contribution in [3.8, 4) is 0 Å². The smallest absolute Gasteiger partial charge is 0.251 e. The lowest BCUT2D eigenvalue weighted by atomic mass is 10.2. The van der Waals surface area contributed by atoms with Gasteiger partial charge in [-0.15, -0.1) is 0 Å². The average Bonchev–Trinajstić information content (AvgIpc) is 2.27. The van der Waals surface area contributed by atoms with Gasteiger partial charge in [-0.2, -0.15) is 0 Å². The summed E-state index contributed by atoms with van der Waals surface area (Å²) in [4.78, 5) is 11.8. The molecular formula is C11H16ClN3O3S. The van der Waals surface area contributed by atoms with E-state index in [1.54, 1.807) is 6.92 Å². The third-order valence-electron chi connectivity index (χ3n) is 2.20. The first-order valence-corrected chi connectivity index (χ1v) is 7.68. The highest BCUT2D eigenvalue weighted by atomic mass is 35.5. The minimum atomic E-state index is -3.34. The number of hydrogen-bond acceptors (Lipinski definition) is 4. The SMILES string of the molecule is CCNS(=O)(=O)CCNC(=O)c1cc(N)cc(Cl)c1. The topological polar surface area (TPSA) is 101 Å². The fourth-order valence-corrected chi connectivity index (χ4v) is 2.63. The van der Waals surface area contributed by atoms with Crippen LogP contribution in [-0.2, 0) is 10.0 Å². The van der Waals surface area contributed by atoms with Crippen molar-refractivity contribution in [2.24, 2.45) is 0 Å². The van der Waals surface area contributed by atoms with Gasteiger partial charge in [-0.25, -0.2) is 13.1 Å². The maximum Gasteiger partial charge on any atom is 0.251 e. The maximum absolute atomic E-state index is 11.8. The Kier molecular flexibility index (Phi) is 5.59. The number of sulfonamides is 1. The van der Waals surface area contributed by atoms with E-state index in [1.807, 2.05) is 0 Å². The number of carbonyl (C=O) groups is 1.